The van der Waals surface area contributed by atoms with E-state index in [2.05, 4.69) is 5.16 Å². The lowest BCUT2D eigenvalue weighted by molar-refractivity contribution is 0.0688. The van der Waals surface area contributed by atoms with Gasteiger partial charge >= 0.3 is 0 Å². The third-order valence-electron chi connectivity index (χ3n) is 2.94. The van der Waals surface area contributed by atoms with Gasteiger partial charge in [-0.25, -0.2) is 0 Å². The number of oxime groups is 1. The molecule has 1 unspecified atom stereocenters. The van der Waals surface area contributed by atoms with Gasteiger partial charge < -0.3 is 9.94 Å². The van der Waals surface area contributed by atoms with E-state index in [-0.39, 0.29) is 6.10 Å². The highest BCUT2D eigenvalue weighted by Crippen LogP contribution is 2.19. The van der Waals surface area contributed by atoms with Crippen molar-refractivity contribution >= 4 is 5.71 Å². The van der Waals surface area contributed by atoms with Gasteiger partial charge in [0.1, 0.15) is 0 Å². The maximum atomic E-state index is 8.87. The van der Waals surface area contributed by atoms with Crippen LogP contribution >= 0.6 is 0 Å². The molecule has 1 aromatic carbocycles. The Morgan fingerprint density at radius 1 is 1.25 bits per heavy atom. The second-order valence-electron chi connectivity index (χ2n) is 4.12. The summed E-state index contributed by atoms with van der Waals surface area (Å²) in [6.45, 7) is 0.588. The van der Waals surface area contributed by atoms with Gasteiger partial charge in [0, 0.05) is 0 Å². The van der Waals surface area contributed by atoms with E-state index in [9.17, 15) is 0 Å². The first-order chi connectivity index (χ1) is 7.90. The molecule has 0 bridgehead atoms. The highest BCUT2D eigenvalue weighted by molar-refractivity contribution is 5.88. The molecule has 1 saturated carbocycles. The molecular formula is C13H17NO2. The van der Waals surface area contributed by atoms with E-state index in [1.165, 1.54) is 0 Å². The van der Waals surface area contributed by atoms with Crippen LogP contribution in [0.2, 0.25) is 0 Å². The molecule has 0 amide bonds. The normalized spacial score (nSPS) is 23.5. The molecule has 0 spiro atoms. The van der Waals surface area contributed by atoms with Crippen molar-refractivity contribution in [2.75, 3.05) is 0 Å². The summed E-state index contributed by atoms with van der Waals surface area (Å²) in [5, 5.41) is 12.2. The first kappa shape index (κ1) is 11.1. The summed E-state index contributed by atoms with van der Waals surface area (Å²) in [6.07, 6.45) is 4.07. The molecule has 0 heterocycles. The summed E-state index contributed by atoms with van der Waals surface area (Å²) in [4.78, 5) is 0. The van der Waals surface area contributed by atoms with Crippen molar-refractivity contribution in [1.82, 2.24) is 0 Å². The molecule has 86 valence electrons. The molecule has 0 radical (unpaired) electrons. The summed E-state index contributed by atoms with van der Waals surface area (Å²) in [6, 6.07) is 10.1. The number of ether oxygens (including phenoxy) is 1. The van der Waals surface area contributed by atoms with Crippen LogP contribution in [0.5, 0.6) is 0 Å². The van der Waals surface area contributed by atoms with Crippen LogP contribution in [0.15, 0.2) is 35.5 Å². The fraction of sp³-hybridized carbons (Fsp3) is 0.462. The summed E-state index contributed by atoms with van der Waals surface area (Å²) >= 11 is 0. The van der Waals surface area contributed by atoms with Gasteiger partial charge in [0.15, 0.2) is 0 Å². The average molecular weight is 219 g/mol. The first-order valence-corrected chi connectivity index (χ1v) is 5.76. The minimum Gasteiger partial charge on any atom is -0.411 e. The molecule has 1 aromatic rings. The molecule has 3 nitrogen and oxygen atoms in total. The Balaban J connectivity index is 1.89. The van der Waals surface area contributed by atoms with Crippen LogP contribution in [0.3, 0.4) is 0 Å². The van der Waals surface area contributed by atoms with Crippen LogP contribution in [0.1, 0.15) is 31.2 Å². The van der Waals surface area contributed by atoms with Gasteiger partial charge in [-0.2, -0.15) is 0 Å². The zero-order chi connectivity index (χ0) is 11.2. The molecule has 1 fully saturated rings. The molecule has 1 N–H and O–H groups in total. The van der Waals surface area contributed by atoms with E-state index in [1.54, 1.807) is 0 Å². The second-order valence-corrected chi connectivity index (χ2v) is 4.12. The fourth-order valence-corrected chi connectivity index (χ4v) is 2.03. The standard InChI is InChI=1S/C13H17NO2/c15-14-12-8-4-5-9-13(12)16-10-11-6-2-1-3-7-11/h1-3,6-7,13,15H,4-5,8-10H2. The van der Waals surface area contributed by atoms with E-state index in [1.807, 2.05) is 30.3 Å². The molecule has 1 aliphatic rings. The summed E-state index contributed by atoms with van der Waals surface area (Å²) < 4.78 is 5.78. The maximum Gasteiger partial charge on any atom is 0.0993 e. The first-order valence-electron chi connectivity index (χ1n) is 5.76. The lowest BCUT2D eigenvalue weighted by Gasteiger charge is -2.23. The summed E-state index contributed by atoms with van der Waals surface area (Å²) in [5.41, 5.74) is 1.95. The van der Waals surface area contributed by atoms with Crippen LogP contribution in [0, 0.1) is 0 Å². The van der Waals surface area contributed by atoms with Crippen LogP contribution < -0.4 is 0 Å². The molecule has 0 aromatic heterocycles. The second kappa shape index (κ2) is 5.66. The van der Waals surface area contributed by atoms with E-state index < -0.39 is 0 Å². The van der Waals surface area contributed by atoms with Gasteiger partial charge in [0.05, 0.1) is 18.4 Å². The Labute approximate surface area is 95.7 Å². The predicted molar refractivity (Wildman–Crippen MR) is 62.7 cm³/mol. The quantitative estimate of drug-likeness (QED) is 0.627. The smallest absolute Gasteiger partial charge is 0.0993 e. The van der Waals surface area contributed by atoms with Crippen molar-refractivity contribution < 1.29 is 9.94 Å². The maximum absolute atomic E-state index is 8.87. The fourth-order valence-electron chi connectivity index (χ4n) is 2.03. The van der Waals surface area contributed by atoms with Crippen molar-refractivity contribution in [3.05, 3.63) is 35.9 Å². The van der Waals surface area contributed by atoms with E-state index >= 15 is 0 Å². The summed E-state index contributed by atoms with van der Waals surface area (Å²) in [5.74, 6) is 0. The van der Waals surface area contributed by atoms with Gasteiger partial charge in [-0.1, -0.05) is 41.9 Å². The van der Waals surface area contributed by atoms with E-state index in [0.29, 0.717) is 6.61 Å². The van der Waals surface area contributed by atoms with Gasteiger partial charge in [-0.15, -0.1) is 0 Å². The molecule has 0 saturated heterocycles. The van der Waals surface area contributed by atoms with Crippen molar-refractivity contribution in [3.63, 3.8) is 0 Å². The van der Waals surface area contributed by atoms with Gasteiger partial charge in [-0.3, -0.25) is 0 Å². The zero-order valence-corrected chi connectivity index (χ0v) is 9.30. The largest absolute Gasteiger partial charge is 0.411 e. The molecule has 1 aliphatic carbocycles. The van der Waals surface area contributed by atoms with Crippen LogP contribution in [-0.4, -0.2) is 17.0 Å². The predicted octanol–water partition coefficient (Wildman–Crippen LogP) is 2.98. The number of nitrogens with zero attached hydrogens (tertiary/aromatic N) is 1. The SMILES string of the molecule is ON=C1CCCCC1OCc1ccccc1. The molecular weight excluding hydrogens is 202 g/mol. The number of benzene rings is 1. The highest BCUT2D eigenvalue weighted by atomic mass is 16.5. The van der Waals surface area contributed by atoms with Gasteiger partial charge in [-0.05, 0) is 24.8 Å². The summed E-state index contributed by atoms with van der Waals surface area (Å²) in [7, 11) is 0. The Bertz CT molecular complexity index is 348. The third-order valence-corrected chi connectivity index (χ3v) is 2.94. The lowest BCUT2D eigenvalue weighted by atomic mass is 9.95. The Hall–Kier alpha value is -1.35. The number of hydrogen-bond donors (Lipinski definition) is 1. The topological polar surface area (TPSA) is 41.8 Å². The van der Waals surface area contributed by atoms with Crippen molar-refractivity contribution in [1.29, 1.82) is 0 Å². The van der Waals surface area contributed by atoms with Crippen molar-refractivity contribution in [2.45, 2.75) is 38.4 Å². The molecule has 3 heteroatoms. The number of hydrogen-bond acceptors (Lipinski definition) is 3. The lowest BCUT2D eigenvalue weighted by Crippen LogP contribution is -2.27. The molecule has 0 aliphatic heterocycles. The number of rotatable bonds is 3. The Morgan fingerprint density at radius 3 is 2.81 bits per heavy atom. The van der Waals surface area contributed by atoms with Gasteiger partial charge in [0.25, 0.3) is 0 Å². The monoisotopic (exact) mass is 219 g/mol. The Morgan fingerprint density at radius 2 is 2.06 bits per heavy atom. The Kier molecular flexibility index (Phi) is 3.94. The molecule has 1 atom stereocenters. The zero-order valence-electron chi connectivity index (χ0n) is 9.30. The highest BCUT2D eigenvalue weighted by Gasteiger charge is 2.21. The third kappa shape index (κ3) is 2.83. The van der Waals surface area contributed by atoms with Crippen molar-refractivity contribution in [2.24, 2.45) is 5.16 Å². The van der Waals surface area contributed by atoms with Crippen LogP contribution in [0.25, 0.3) is 0 Å². The van der Waals surface area contributed by atoms with Gasteiger partial charge in [0.2, 0.25) is 0 Å². The molecule has 16 heavy (non-hydrogen) atoms. The van der Waals surface area contributed by atoms with Crippen LogP contribution in [-0.2, 0) is 11.3 Å². The minimum absolute atomic E-state index is 0.000967. The van der Waals surface area contributed by atoms with E-state index in [4.69, 9.17) is 9.94 Å². The average Bonchev–Trinajstić information content (AvgIpc) is 2.38. The minimum atomic E-state index is -0.000967. The van der Waals surface area contributed by atoms with Crippen molar-refractivity contribution in [3.8, 4) is 0 Å². The van der Waals surface area contributed by atoms with E-state index in [0.717, 1.165) is 37.0 Å². The molecule has 2 rings (SSSR count). The van der Waals surface area contributed by atoms with Crippen LogP contribution in [0.4, 0.5) is 0 Å².